The first-order valence-corrected chi connectivity index (χ1v) is 7.56. The molecule has 4 nitrogen and oxygen atoms in total. The molecule has 1 aliphatic rings. The number of benzene rings is 1. The van der Waals surface area contributed by atoms with Crippen LogP contribution in [0.15, 0.2) is 29.2 Å². The molecule has 2 atom stereocenters. The first kappa shape index (κ1) is 13.5. The molecule has 0 aliphatic carbocycles. The van der Waals surface area contributed by atoms with Crippen molar-refractivity contribution in [1.82, 2.24) is 4.31 Å². The number of sulfonamides is 1. The second-order valence-electron chi connectivity index (χ2n) is 4.83. The van der Waals surface area contributed by atoms with Gasteiger partial charge in [-0.1, -0.05) is 18.2 Å². The molecule has 18 heavy (non-hydrogen) atoms. The third-order valence-corrected chi connectivity index (χ3v) is 5.37. The number of aryl methyl sites for hydroxylation is 1. The molecule has 0 N–H and O–H groups in total. The fourth-order valence-corrected chi connectivity index (χ4v) is 4.10. The van der Waals surface area contributed by atoms with Gasteiger partial charge in [0.05, 0.1) is 17.6 Å². The van der Waals surface area contributed by atoms with E-state index in [0.29, 0.717) is 18.0 Å². The summed E-state index contributed by atoms with van der Waals surface area (Å²) in [5.74, 6) is 0. The van der Waals surface area contributed by atoms with Crippen molar-refractivity contribution in [3.05, 3.63) is 29.8 Å². The Morgan fingerprint density at radius 2 is 1.94 bits per heavy atom. The molecule has 0 bridgehead atoms. The Kier molecular flexibility index (Phi) is 3.75. The van der Waals surface area contributed by atoms with Crippen LogP contribution in [0.4, 0.5) is 0 Å². The number of hydrogen-bond donors (Lipinski definition) is 0. The molecule has 0 saturated carbocycles. The van der Waals surface area contributed by atoms with Crippen LogP contribution in [0.25, 0.3) is 0 Å². The van der Waals surface area contributed by atoms with Gasteiger partial charge in [0, 0.05) is 12.6 Å². The van der Waals surface area contributed by atoms with Crippen LogP contribution in [0.1, 0.15) is 19.4 Å². The van der Waals surface area contributed by atoms with Crippen molar-refractivity contribution in [2.75, 3.05) is 13.2 Å². The van der Waals surface area contributed by atoms with E-state index in [1.54, 1.807) is 16.4 Å². The average Bonchev–Trinajstić information content (AvgIpc) is 2.32. The lowest BCUT2D eigenvalue weighted by molar-refractivity contribution is -0.0170. The minimum atomic E-state index is -3.42. The Morgan fingerprint density at radius 3 is 2.61 bits per heavy atom. The summed E-state index contributed by atoms with van der Waals surface area (Å²) in [5, 5.41) is 0. The van der Waals surface area contributed by atoms with Gasteiger partial charge in [-0.3, -0.25) is 0 Å². The van der Waals surface area contributed by atoms with Gasteiger partial charge in [-0.2, -0.15) is 4.31 Å². The average molecular weight is 269 g/mol. The van der Waals surface area contributed by atoms with E-state index in [1.807, 2.05) is 32.9 Å². The fourth-order valence-electron chi connectivity index (χ4n) is 2.18. The maximum absolute atomic E-state index is 12.6. The minimum absolute atomic E-state index is 0.0556. The van der Waals surface area contributed by atoms with Crippen molar-refractivity contribution in [3.63, 3.8) is 0 Å². The SMILES string of the molecule is Cc1ccccc1S(=O)(=O)N1CC(C)OCC1C. The second kappa shape index (κ2) is 4.99. The van der Waals surface area contributed by atoms with Crippen LogP contribution in [0.2, 0.25) is 0 Å². The Bertz CT molecular complexity index is 527. The predicted octanol–water partition coefficient (Wildman–Crippen LogP) is 1.79. The summed E-state index contributed by atoms with van der Waals surface area (Å²) in [6, 6.07) is 6.97. The van der Waals surface area contributed by atoms with Crippen molar-refractivity contribution in [1.29, 1.82) is 0 Å². The van der Waals surface area contributed by atoms with Crippen molar-refractivity contribution >= 4 is 10.0 Å². The van der Waals surface area contributed by atoms with Crippen LogP contribution < -0.4 is 0 Å². The number of ether oxygens (including phenoxy) is 1. The molecule has 0 aromatic heterocycles. The maximum atomic E-state index is 12.6. The highest BCUT2D eigenvalue weighted by Gasteiger charge is 2.34. The second-order valence-corrected chi connectivity index (χ2v) is 6.69. The van der Waals surface area contributed by atoms with Crippen LogP contribution in [-0.2, 0) is 14.8 Å². The molecule has 1 saturated heterocycles. The molecule has 1 aromatic carbocycles. The summed E-state index contributed by atoms with van der Waals surface area (Å²) in [5.41, 5.74) is 0.781. The molecule has 100 valence electrons. The predicted molar refractivity (Wildman–Crippen MR) is 69.9 cm³/mol. The molecule has 1 aromatic rings. The van der Waals surface area contributed by atoms with Crippen LogP contribution in [0, 0.1) is 6.92 Å². The molecule has 1 heterocycles. The fraction of sp³-hybridized carbons (Fsp3) is 0.538. The Balaban J connectivity index is 2.39. The summed E-state index contributed by atoms with van der Waals surface area (Å²) in [6.45, 7) is 6.46. The van der Waals surface area contributed by atoms with Gasteiger partial charge >= 0.3 is 0 Å². The monoisotopic (exact) mass is 269 g/mol. The van der Waals surface area contributed by atoms with Gasteiger partial charge in [-0.25, -0.2) is 8.42 Å². The standard InChI is InChI=1S/C13H19NO3S/c1-10-6-4-5-7-13(10)18(15,16)14-8-12(3)17-9-11(14)2/h4-7,11-12H,8-9H2,1-3H3. The summed E-state index contributed by atoms with van der Waals surface area (Å²) in [6.07, 6.45) is -0.0556. The zero-order valence-electron chi connectivity index (χ0n) is 11.0. The minimum Gasteiger partial charge on any atom is -0.375 e. The van der Waals surface area contributed by atoms with E-state index in [4.69, 9.17) is 4.74 Å². The Labute approximate surface area is 109 Å². The van der Waals surface area contributed by atoms with Crippen molar-refractivity contribution < 1.29 is 13.2 Å². The van der Waals surface area contributed by atoms with E-state index in [1.165, 1.54) is 0 Å². The van der Waals surface area contributed by atoms with Crippen LogP contribution in [0.3, 0.4) is 0 Å². The van der Waals surface area contributed by atoms with Crippen molar-refractivity contribution in [2.24, 2.45) is 0 Å². The number of nitrogens with zero attached hydrogens (tertiary/aromatic N) is 1. The summed E-state index contributed by atoms with van der Waals surface area (Å²) in [7, 11) is -3.42. The van der Waals surface area contributed by atoms with Crippen LogP contribution >= 0.6 is 0 Å². The highest BCUT2D eigenvalue weighted by atomic mass is 32.2. The largest absolute Gasteiger partial charge is 0.375 e. The topological polar surface area (TPSA) is 46.6 Å². The third kappa shape index (κ3) is 2.43. The zero-order chi connectivity index (χ0) is 13.3. The Morgan fingerprint density at radius 1 is 1.28 bits per heavy atom. The van der Waals surface area contributed by atoms with E-state index in [-0.39, 0.29) is 12.1 Å². The normalized spacial score (nSPS) is 26.2. The van der Waals surface area contributed by atoms with Gasteiger partial charge in [-0.15, -0.1) is 0 Å². The number of rotatable bonds is 2. The number of morpholine rings is 1. The Hall–Kier alpha value is -0.910. The van der Waals surface area contributed by atoms with Crippen LogP contribution in [0.5, 0.6) is 0 Å². The molecule has 5 heteroatoms. The lowest BCUT2D eigenvalue weighted by atomic mass is 10.2. The maximum Gasteiger partial charge on any atom is 0.243 e. The zero-order valence-corrected chi connectivity index (χ0v) is 11.8. The first-order valence-electron chi connectivity index (χ1n) is 6.12. The van der Waals surface area contributed by atoms with E-state index < -0.39 is 10.0 Å². The first-order chi connectivity index (χ1) is 8.43. The van der Waals surface area contributed by atoms with E-state index in [9.17, 15) is 8.42 Å². The van der Waals surface area contributed by atoms with Gasteiger partial charge in [0.25, 0.3) is 0 Å². The molecule has 0 amide bonds. The molecular formula is C13H19NO3S. The molecule has 0 radical (unpaired) electrons. The molecular weight excluding hydrogens is 250 g/mol. The molecule has 0 spiro atoms. The van der Waals surface area contributed by atoms with E-state index >= 15 is 0 Å². The van der Waals surface area contributed by atoms with E-state index in [0.717, 1.165) is 5.56 Å². The third-order valence-electron chi connectivity index (χ3n) is 3.23. The highest BCUT2D eigenvalue weighted by Crippen LogP contribution is 2.24. The van der Waals surface area contributed by atoms with Gasteiger partial charge in [-0.05, 0) is 32.4 Å². The van der Waals surface area contributed by atoms with E-state index in [2.05, 4.69) is 0 Å². The molecule has 1 aliphatic heterocycles. The summed E-state index contributed by atoms with van der Waals surface area (Å²) in [4.78, 5) is 0.394. The lowest BCUT2D eigenvalue weighted by Gasteiger charge is -2.35. The van der Waals surface area contributed by atoms with Gasteiger partial charge < -0.3 is 4.74 Å². The molecule has 1 fully saturated rings. The smallest absolute Gasteiger partial charge is 0.243 e. The molecule has 2 rings (SSSR count). The van der Waals surface area contributed by atoms with Gasteiger partial charge in [0.15, 0.2) is 0 Å². The van der Waals surface area contributed by atoms with Crippen molar-refractivity contribution in [2.45, 2.75) is 37.8 Å². The summed E-state index contributed by atoms with van der Waals surface area (Å²) >= 11 is 0. The highest BCUT2D eigenvalue weighted by molar-refractivity contribution is 7.89. The number of hydrogen-bond acceptors (Lipinski definition) is 3. The summed E-state index contributed by atoms with van der Waals surface area (Å²) < 4.78 is 32.3. The van der Waals surface area contributed by atoms with Crippen molar-refractivity contribution in [3.8, 4) is 0 Å². The lowest BCUT2D eigenvalue weighted by Crippen LogP contribution is -2.50. The quantitative estimate of drug-likeness (QED) is 0.822. The van der Waals surface area contributed by atoms with Crippen LogP contribution in [-0.4, -0.2) is 38.0 Å². The van der Waals surface area contributed by atoms with Gasteiger partial charge in [0.2, 0.25) is 10.0 Å². The molecule has 2 unspecified atom stereocenters. The van der Waals surface area contributed by atoms with Gasteiger partial charge in [0.1, 0.15) is 0 Å².